The van der Waals surface area contributed by atoms with E-state index < -0.39 is 23.5 Å². The Morgan fingerprint density at radius 3 is 2.10 bits per heavy atom. The number of nitrogens with two attached hydrogens (primary N) is 1. The van der Waals surface area contributed by atoms with Crippen molar-refractivity contribution in [3.05, 3.63) is 70.0 Å². The molecule has 0 aliphatic rings. The van der Waals surface area contributed by atoms with Gasteiger partial charge in [0.2, 0.25) is 0 Å². The predicted molar refractivity (Wildman–Crippen MR) is 71.5 cm³/mol. The molecular formula is C14H12ClF3N2. The summed E-state index contributed by atoms with van der Waals surface area (Å²) in [5.41, 5.74) is 2.21. The largest absolute Gasteiger partial charge is 0.271 e. The highest BCUT2D eigenvalue weighted by molar-refractivity contribution is 6.31. The first-order valence-corrected chi connectivity index (χ1v) is 6.25. The van der Waals surface area contributed by atoms with Gasteiger partial charge in [-0.05, 0) is 30.7 Å². The summed E-state index contributed by atoms with van der Waals surface area (Å²) in [5.74, 6) is 3.30. The number of benzene rings is 2. The summed E-state index contributed by atoms with van der Waals surface area (Å²) in [5, 5.41) is 0.182. The Kier molecular flexibility index (Phi) is 4.65. The average Bonchev–Trinajstić information content (AvgIpc) is 2.40. The molecule has 0 heterocycles. The van der Waals surface area contributed by atoms with Crippen LogP contribution in [-0.4, -0.2) is 0 Å². The van der Waals surface area contributed by atoms with Crippen LogP contribution in [-0.2, 0) is 6.42 Å². The first-order chi connectivity index (χ1) is 9.54. The summed E-state index contributed by atoms with van der Waals surface area (Å²) in [6.45, 7) is 0. The summed E-state index contributed by atoms with van der Waals surface area (Å²) < 4.78 is 41.2. The van der Waals surface area contributed by atoms with Gasteiger partial charge < -0.3 is 0 Å². The molecule has 106 valence electrons. The molecule has 0 aliphatic heterocycles. The molecule has 0 aliphatic carbocycles. The Morgan fingerprint density at radius 1 is 1.00 bits per heavy atom. The van der Waals surface area contributed by atoms with Crippen LogP contribution in [0.2, 0.25) is 5.02 Å². The van der Waals surface area contributed by atoms with E-state index in [2.05, 4.69) is 5.43 Å². The molecule has 0 saturated carbocycles. The van der Waals surface area contributed by atoms with E-state index in [1.807, 2.05) is 0 Å². The van der Waals surface area contributed by atoms with Crippen LogP contribution in [0.15, 0.2) is 36.4 Å². The van der Waals surface area contributed by atoms with Gasteiger partial charge in [0, 0.05) is 16.1 Å². The number of halogens is 4. The fourth-order valence-corrected chi connectivity index (χ4v) is 2.26. The number of hydrogen-bond acceptors (Lipinski definition) is 2. The minimum Gasteiger partial charge on any atom is -0.271 e. The predicted octanol–water partition coefficient (Wildman–Crippen LogP) is 3.50. The minimum absolute atomic E-state index is 0.0696. The van der Waals surface area contributed by atoms with Gasteiger partial charge in [-0.2, -0.15) is 0 Å². The van der Waals surface area contributed by atoms with Gasteiger partial charge in [-0.15, -0.1) is 0 Å². The fraction of sp³-hybridized carbons (Fsp3) is 0.143. The summed E-state index contributed by atoms with van der Waals surface area (Å²) in [4.78, 5) is 0. The monoisotopic (exact) mass is 300 g/mol. The van der Waals surface area contributed by atoms with Crippen LogP contribution in [0, 0.1) is 17.5 Å². The molecule has 6 heteroatoms. The van der Waals surface area contributed by atoms with Crippen LogP contribution in [0.3, 0.4) is 0 Å². The first kappa shape index (κ1) is 14.8. The van der Waals surface area contributed by atoms with Gasteiger partial charge in [0.05, 0.1) is 6.04 Å². The lowest BCUT2D eigenvalue weighted by Crippen LogP contribution is -2.31. The quantitative estimate of drug-likeness (QED) is 0.670. The number of hydrazine groups is 1. The van der Waals surface area contributed by atoms with E-state index >= 15 is 0 Å². The highest BCUT2D eigenvalue weighted by Gasteiger charge is 2.21. The van der Waals surface area contributed by atoms with Crippen molar-refractivity contribution in [1.82, 2.24) is 5.43 Å². The van der Waals surface area contributed by atoms with Crippen molar-refractivity contribution in [2.45, 2.75) is 12.5 Å². The molecule has 0 radical (unpaired) electrons. The minimum atomic E-state index is -0.925. The molecule has 0 fully saturated rings. The topological polar surface area (TPSA) is 38.0 Å². The molecule has 0 spiro atoms. The molecule has 2 aromatic rings. The van der Waals surface area contributed by atoms with E-state index in [4.69, 9.17) is 17.4 Å². The third-order valence-corrected chi connectivity index (χ3v) is 3.37. The summed E-state index contributed by atoms with van der Waals surface area (Å²) in [6, 6.07) is 6.74. The SMILES string of the molecule is NNC(Cc1c(F)cccc1Cl)c1c(F)cccc1F. The van der Waals surface area contributed by atoms with Crippen LogP contribution < -0.4 is 11.3 Å². The zero-order valence-electron chi connectivity index (χ0n) is 10.3. The number of nitrogens with one attached hydrogen (secondary N) is 1. The maximum absolute atomic E-state index is 13.7. The van der Waals surface area contributed by atoms with Crippen LogP contribution >= 0.6 is 11.6 Å². The lowest BCUT2D eigenvalue weighted by Gasteiger charge is -2.18. The van der Waals surface area contributed by atoms with Crippen molar-refractivity contribution in [1.29, 1.82) is 0 Å². The van der Waals surface area contributed by atoms with Crippen molar-refractivity contribution in [2.75, 3.05) is 0 Å². The molecule has 2 nitrogen and oxygen atoms in total. The highest BCUT2D eigenvalue weighted by atomic mass is 35.5. The van der Waals surface area contributed by atoms with Gasteiger partial charge >= 0.3 is 0 Å². The molecular weight excluding hydrogens is 289 g/mol. The third kappa shape index (κ3) is 2.95. The second kappa shape index (κ2) is 6.26. The smallest absolute Gasteiger partial charge is 0.130 e. The third-order valence-electron chi connectivity index (χ3n) is 3.02. The summed E-state index contributed by atoms with van der Waals surface area (Å²) >= 11 is 5.90. The second-order valence-electron chi connectivity index (χ2n) is 4.26. The second-order valence-corrected chi connectivity index (χ2v) is 4.67. The van der Waals surface area contributed by atoms with Crippen LogP contribution in [0.1, 0.15) is 17.2 Å². The standard InChI is InChI=1S/C14H12ClF3N2/c15-9-3-1-4-10(16)8(9)7-13(20-19)14-11(17)5-2-6-12(14)18/h1-6,13,20H,7,19H2. The van der Waals surface area contributed by atoms with E-state index in [-0.39, 0.29) is 22.6 Å². The van der Waals surface area contributed by atoms with Gasteiger partial charge in [0.25, 0.3) is 0 Å². The fourth-order valence-electron chi connectivity index (χ4n) is 2.02. The van der Waals surface area contributed by atoms with Crippen LogP contribution in [0.4, 0.5) is 13.2 Å². The Morgan fingerprint density at radius 2 is 1.55 bits per heavy atom. The van der Waals surface area contributed by atoms with Crippen LogP contribution in [0.5, 0.6) is 0 Å². The Hall–Kier alpha value is -1.56. The van der Waals surface area contributed by atoms with Crippen molar-refractivity contribution >= 4 is 11.6 Å². The molecule has 0 amide bonds. The van der Waals surface area contributed by atoms with Gasteiger partial charge in [0.15, 0.2) is 0 Å². The van der Waals surface area contributed by atoms with E-state index in [1.54, 1.807) is 0 Å². The molecule has 0 aromatic heterocycles. The summed E-state index contributed by atoms with van der Waals surface area (Å²) in [6.07, 6.45) is -0.0696. The molecule has 1 unspecified atom stereocenters. The van der Waals surface area contributed by atoms with Crippen molar-refractivity contribution in [3.63, 3.8) is 0 Å². The van der Waals surface area contributed by atoms with Gasteiger partial charge in [-0.3, -0.25) is 11.3 Å². The first-order valence-electron chi connectivity index (χ1n) is 5.87. The van der Waals surface area contributed by atoms with Gasteiger partial charge in [-0.25, -0.2) is 13.2 Å². The zero-order valence-corrected chi connectivity index (χ0v) is 11.1. The molecule has 0 bridgehead atoms. The van der Waals surface area contributed by atoms with Crippen molar-refractivity contribution in [3.8, 4) is 0 Å². The highest BCUT2D eigenvalue weighted by Crippen LogP contribution is 2.28. The molecule has 2 rings (SSSR count). The molecule has 1 atom stereocenters. The van der Waals surface area contributed by atoms with E-state index in [0.29, 0.717) is 0 Å². The number of hydrogen-bond donors (Lipinski definition) is 2. The average molecular weight is 301 g/mol. The normalized spacial score (nSPS) is 12.4. The Balaban J connectivity index is 2.39. The van der Waals surface area contributed by atoms with E-state index in [0.717, 1.165) is 12.1 Å². The van der Waals surface area contributed by atoms with Crippen molar-refractivity contribution < 1.29 is 13.2 Å². The Labute approximate surface area is 119 Å². The Bertz CT molecular complexity index is 579. The van der Waals surface area contributed by atoms with E-state index in [1.165, 1.54) is 24.3 Å². The maximum Gasteiger partial charge on any atom is 0.130 e. The molecule has 3 N–H and O–H groups in total. The van der Waals surface area contributed by atoms with Gasteiger partial charge in [-0.1, -0.05) is 23.7 Å². The molecule has 0 saturated heterocycles. The lowest BCUT2D eigenvalue weighted by molar-refractivity contribution is 0.466. The molecule has 20 heavy (non-hydrogen) atoms. The van der Waals surface area contributed by atoms with Crippen LogP contribution in [0.25, 0.3) is 0 Å². The lowest BCUT2D eigenvalue weighted by atomic mass is 9.98. The van der Waals surface area contributed by atoms with Crippen molar-refractivity contribution in [2.24, 2.45) is 5.84 Å². The molecule has 2 aromatic carbocycles. The summed E-state index contributed by atoms with van der Waals surface area (Å²) in [7, 11) is 0. The number of rotatable bonds is 4. The van der Waals surface area contributed by atoms with Gasteiger partial charge in [0.1, 0.15) is 17.5 Å². The maximum atomic E-state index is 13.7. The zero-order chi connectivity index (χ0) is 14.7. The van der Waals surface area contributed by atoms with E-state index in [9.17, 15) is 13.2 Å².